The molecule has 0 aromatic carbocycles. The van der Waals surface area contributed by atoms with Gasteiger partial charge in [0.1, 0.15) is 0 Å². The van der Waals surface area contributed by atoms with Crippen LogP contribution in [0.5, 0.6) is 0 Å². The maximum Gasteiger partial charge on any atom is 0.234 e. The van der Waals surface area contributed by atoms with E-state index >= 15 is 0 Å². The van der Waals surface area contributed by atoms with Gasteiger partial charge >= 0.3 is 0 Å². The van der Waals surface area contributed by atoms with Crippen molar-refractivity contribution in [1.82, 2.24) is 15.2 Å². The topological polar surface area (TPSA) is 45.2 Å². The number of amides is 1. The van der Waals surface area contributed by atoms with Crippen molar-refractivity contribution in [2.75, 3.05) is 27.2 Å². The zero-order valence-electron chi connectivity index (χ0n) is 11.9. The highest BCUT2D eigenvalue weighted by atomic mass is 16.2. The largest absolute Gasteiger partial charge is 0.354 e. The van der Waals surface area contributed by atoms with Crippen LogP contribution in [0.2, 0.25) is 0 Å². The minimum atomic E-state index is 0.0449. The van der Waals surface area contributed by atoms with Crippen molar-refractivity contribution in [3.8, 4) is 0 Å². The van der Waals surface area contributed by atoms with Gasteiger partial charge in [0.05, 0.1) is 6.54 Å². The van der Waals surface area contributed by atoms with E-state index in [1.165, 1.54) is 12.8 Å². The molecule has 0 unspecified atom stereocenters. The molecule has 1 amide bonds. The van der Waals surface area contributed by atoms with Crippen molar-refractivity contribution >= 4 is 5.91 Å². The lowest BCUT2D eigenvalue weighted by Crippen LogP contribution is -2.42. The maximum atomic E-state index is 11.8. The fourth-order valence-electron chi connectivity index (χ4n) is 2.86. The molecule has 1 saturated carbocycles. The Morgan fingerprint density at radius 3 is 2.68 bits per heavy atom. The summed E-state index contributed by atoms with van der Waals surface area (Å²) in [6.45, 7) is 1.15. The normalized spacial score (nSPS) is 17.6. The van der Waals surface area contributed by atoms with E-state index in [4.69, 9.17) is 0 Å². The van der Waals surface area contributed by atoms with Gasteiger partial charge in [0.2, 0.25) is 5.91 Å². The molecule has 1 N–H and O–H groups in total. The molecule has 0 spiro atoms. The third kappa shape index (κ3) is 3.53. The Kier molecular flexibility index (Phi) is 4.53. The number of hydrogen-bond donors (Lipinski definition) is 1. The van der Waals surface area contributed by atoms with Crippen molar-refractivity contribution in [2.24, 2.45) is 0 Å². The molecule has 0 atom stereocenters. The smallest absolute Gasteiger partial charge is 0.234 e. The molecular formula is C15H23N3O. The summed E-state index contributed by atoms with van der Waals surface area (Å²) in [4.78, 5) is 18.2. The van der Waals surface area contributed by atoms with Crippen molar-refractivity contribution in [3.05, 3.63) is 30.1 Å². The first kappa shape index (κ1) is 14.0. The summed E-state index contributed by atoms with van der Waals surface area (Å²) in [5.74, 6) is 0.0900. The SMILES string of the molecule is CN(C)CC(=O)NCC1(c2ccccn2)CCCC1. The summed E-state index contributed by atoms with van der Waals surface area (Å²) < 4.78 is 0. The van der Waals surface area contributed by atoms with E-state index in [2.05, 4.69) is 16.4 Å². The lowest BCUT2D eigenvalue weighted by Gasteiger charge is -2.29. The molecule has 1 aliphatic carbocycles. The quantitative estimate of drug-likeness (QED) is 0.875. The Morgan fingerprint density at radius 2 is 2.11 bits per heavy atom. The van der Waals surface area contributed by atoms with Crippen molar-refractivity contribution in [1.29, 1.82) is 0 Å². The first-order valence-electron chi connectivity index (χ1n) is 6.95. The highest BCUT2D eigenvalue weighted by molar-refractivity contribution is 5.78. The van der Waals surface area contributed by atoms with Crippen LogP contribution in [0.15, 0.2) is 24.4 Å². The second-order valence-corrected chi connectivity index (χ2v) is 5.72. The standard InChI is InChI=1S/C15H23N3O/c1-18(2)11-14(19)17-12-15(8-4-5-9-15)13-7-3-6-10-16-13/h3,6-7,10H,4-5,8-9,11-12H2,1-2H3,(H,17,19). The second-order valence-electron chi connectivity index (χ2n) is 5.72. The van der Waals surface area contributed by atoms with Crippen molar-refractivity contribution in [3.63, 3.8) is 0 Å². The Labute approximate surface area is 115 Å². The van der Waals surface area contributed by atoms with E-state index in [1.54, 1.807) is 0 Å². The molecule has 19 heavy (non-hydrogen) atoms. The first-order valence-corrected chi connectivity index (χ1v) is 6.95. The second kappa shape index (κ2) is 6.15. The van der Waals surface area contributed by atoms with Gasteiger partial charge in [-0.15, -0.1) is 0 Å². The molecule has 104 valence electrons. The van der Waals surface area contributed by atoms with Crippen LogP contribution in [0.25, 0.3) is 0 Å². The first-order chi connectivity index (χ1) is 9.12. The van der Waals surface area contributed by atoms with Crippen LogP contribution >= 0.6 is 0 Å². The monoisotopic (exact) mass is 261 g/mol. The van der Waals surface area contributed by atoms with E-state index in [-0.39, 0.29) is 11.3 Å². The van der Waals surface area contributed by atoms with E-state index in [0.717, 1.165) is 18.5 Å². The predicted molar refractivity (Wildman–Crippen MR) is 75.9 cm³/mol. The molecular weight excluding hydrogens is 238 g/mol. The minimum Gasteiger partial charge on any atom is -0.354 e. The molecule has 4 heteroatoms. The molecule has 0 aliphatic heterocycles. The van der Waals surface area contributed by atoms with E-state index in [9.17, 15) is 4.79 Å². The Bertz CT molecular complexity index is 411. The predicted octanol–water partition coefficient (Wildman–Crippen LogP) is 1.57. The third-order valence-electron chi connectivity index (χ3n) is 3.85. The number of pyridine rings is 1. The van der Waals surface area contributed by atoms with Crippen LogP contribution in [-0.2, 0) is 10.2 Å². The van der Waals surface area contributed by atoms with E-state index in [1.807, 2.05) is 37.3 Å². The number of carbonyl (C=O) groups is 1. The number of aromatic nitrogens is 1. The zero-order valence-corrected chi connectivity index (χ0v) is 11.9. The van der Waals surface area contributed by atoms with Gasteiger partial charge in [0.15, 0.2) is 0 Å². The Hall–Kier alpha value is -1.42. The number of nitrogens with zero attached hydrogens (tertiary/aromatic N) is 2. The highest BCUT2D eigenvalue weighted by Gasteiger charge is 2.36. The fourth-order valence-corrected chi connectivity index (χ4v) is 2.86. The van der Waals surface area contributed by atoms with Crippen LogP contribution in [0.4, 0.5) is 0 Å². The van der Waals surface area contributed by atoms with Crippen LogP contribution in [0, 0.1) is 0 Å². The highest BCUT2D eigenvalue weighted by Crippen LogP contribution is 2.39. The summed E-state index contributed by atoms with van der Waals surface area (Å²) in [6, 6.07) is 6.06. The molecule has 4 nitrogen and oxygen atoms in total. The maximum absolute atomic E-state index is 11.8. The van der Waals surface area contributed by atoms with Gasteiger partial charge in [-0.3, -0.25) is 9.78 Å². The van der Waals surface area contributed by atoms with Gasteiger partial charge in [0.25, 0.3) is 0 Å². The lowest BCUT2D eigenvalue weighted by atomic mass is 9.82. The summed E-state index contributed by atoms with van der Waals surface area (Å²) in [6.07, 6.45) is 6.52. The van der Waals surface area contributed by atoms with Gasteiger partial charge in [-0.2, -0.15) is 0 Å². The number of carbonyl (C=O) groups excluding carboxylic acids is 1. The molecule has 0 bridgehead atoms. The zero-order chi connectivity index (χ0) is 13.7. The van der Waals surface area contributed by atoms with E-state index in [0.29, 0.717) is 13.1 Å². The van der Waals surface area contributed by atoms with Crippen LogP contribution in [0.1, 0.15) is 31.4 Å². The summed E-state index contributed by atoms with van der Waals surface area (Å²) in [5.41, 5.74) is 1.17. The number of likely N-dealkylation sites (N-methyl/N-ethyl adjacent to an activating group) is 1. The molecule has 1 heterocycles. The minimum absolute atomic E-state index is 0.0449. The summed E-state index contributed by atoms with van der Waals surface area (Å²) in [7, 11) is 3.81. The number of rotatable bonds is 5. The molecule has 0 saturated heterocycles. The van der Waals surface area contributed by atoms with Gasteiger partial charge in [-0.25, -0.2) is 0 Å². The molecule has 1 aromatic heterocycles. The number of nitrogens with one attached hydrogen (secondary N) is 1. The van der Waals surface area contributed by atoms with Crippen LogP contribution in [0.3, 0.4) is 0 Å². The average molecular weight is 261 g/mol. The average Bonchev–Trinajstić information content (AvgIpc) is 2.87. The molecule has 0 radical (unpaired) electrons. The molecule has 2 rings (SSSR count). The third-order valence-corrected chi connectivity index (χ3v) is 3.85. The Morgan fingerprint density at radius 1 is 1.37 bits per heavy atom. The fraction of sp³-hybridized carbons (Fsp3) is 0.600. The molecule has 1 aliphatic rings. The van der Waals surface area contributed by atoms with E-state index < -0.39 is 0 Å². The molecule has 1 aromatic rings. The van der Waals surface area contributed by atoms with Gasteiger partial charge < -0.3 is 10.2 Å². The van der Waals surface area contributed by atoms with Crippen molar-refractivity contribution < 1.29 is 4.79 Å². The van der Waals surface area contributed by atoms with Gasteiger partial charge in [-0.05, 0) is 39.1 Å². The Balaban J connectivity index is 2.03. The summed E-state index contributed by atoms with van der Waals surface area (Å²) in [5, 5.41) is 3.07. The molecule has 1 fully saturated rings. The van der Waals surface area contributed by atoms with Crippen LogP contribution in [-0.4, -0.2) is 43.0 Å². The van der Waals surface area contributed by atoms with Crippen LogP contribution < -0.4 is 5.32 Å². The number of hydrogen-bond acceptors (Lipinski definition) is 3. The van der Waals surface area contributed by atoms with Gasteiger partial charge in [0, 0.05) is 23.9 Å². The lowest BCUT2D eigenvalue weighted by molar-refractivity contribution is -0.121. The van der Waals surface area contributed by atoms with Crippen molar-refractivity contribution in [2.45, 2.75) is 31.1 Å². The summed E-state index contributed by atoms with van der Waals surface area (Å²) >= 11 is 0. The van der Waals surface area contributed by atoms with Gasteiger partial charge in [-0.1, -0.05) is 18.9 Å².